The molecule has 0 bridgehead atoms. The van der Waals surface area contributed by atoms with Gasteiger partial charge in [0.15, 0.2) is 11.3 Å². The second-order valence-electron chi connectivity index (χ2n) is 4.26. The van der Waals surface area contributed by atoms with Crippen molar-refractivity contribution in [2.24, 2.45) is 0 Å². The minimum atomic E-state index is -0.817. The highest BCUT2D eigenvalue weighted by Gasteiger charge is 2.17. The van der Waals surface area contributed by atoms with E-state index in [0.29, 0.717) is 22.1 Å². The molecule has 0 aliphatic carbocycles. The number of rotatable bonds is 2. The van der Waals surface area contributed by atoms with Gasteiger partial charge in [-0.3, -0.25) is 4.79 Å². The van der Waals surface area contributed by atoms with Gasteiger partial charge in [-0.25, -0.2) is 8.78 Å². The summed E-state index contributed by atoms with van der Waals surface area (Å²) in [6.45, 7) is 0. The minimum Gasteiger partial charge on any atom is -0.451 e. The number of carbonyl (C=O) groups is 1. The molecule has 2 aromatic carbocycles. The summed E-state index contributed by atoms with van der Waals surface area (Å²) in [4.78, 5) is 12.2. The zero-order valence-corrected chi connectivity index (χ0v) is 10.7. The van der Waals surface area contributed by atoms with E-state index in [1.807, 2.05) is 0 Å². The van der Waals surface area contributed by atoms with Crippen LogP contribution in [0.2, 0.25) is 5.02 Å². The van der Waals surface area contributed by atoms with E-state index in [9.17, 15) is 13.6 Å². The summed E-state index contributed by atoms with van der Waals surface area (Å²) in [7, 11) is 0. The third kappa shape index (κ3) is 2.18. The highest BCUT2D eigenvalue weighted by molar-refractivity contribution is 6.35. The average Bonchev–Trinajstić information content (AvgIpc) is 2.82. The monoisotopic (exact) mass is 292 g/mol. The molecule has 20 heavy (non-hydrogen) atoms. The Bertz CT molecular complexity index is 804. The molecule has 0 aliphatic heterocycles. The van der Waals surface area contributed by atoms with E-state index in [2.05, 4.69) is 0 Å². The first-order valence-corrected chi connectivity index (χ1v) is 6.11. The van der Waals surface area contributed by atoms with Crippen LogP contribution in [-0.2, 0) is 0 Å². The molecule has 0 saturated carbocycles. The molecule has 0 N–H and O–H groups in total. The van der Waals surface area contributed by atoms with Crippen LogP contribution in [0.5, 0.6) is 0 Å². The first-order chi connectivity index (χ1) is 9.54. The maximum atomic E-state index is 13.1. The lowest BCUT2D eigenvalue weighted by molar-refractivity contribution is 0.101. The molecule has 0 unspecified atom stereocenters. The van der Waals surface area contributed by atoms with E-state index in [4.69, 9.17) is 16.0 Å². The fourth-order valence-corrected chi connectivity index (χ4v) is 2.19. The number of para-hydroxylation sites is 1. The summed E-state index contributed by atoms with van der Waals surface area (Å²) in [5, 5.41) is 1.02. The number of hydrogen-bond acceptors (Lipinski definition) is 2. The van der Waals surface area contributed by atoms with E-state index < -0.39 is 17.4 Å². The molecule has 0 fully saturated rings. The van der Waals surface area contributed by atoms with Crippen molar-refractivity contribution in [3.05, 3.63) is 70.4 Å². The normalized spacial score (nSPS) is 10.9. The minimum absolute atomic E-state index is 0.0156. The molecule has 0 atom stereocenters. The quantitative estimate of drug-likeness (QED) is 0.646. The Morgan fingerprint density at radius 1 is 1.05 bits per heavy atom. The summed E-state index contributed by atoms with van der Waals surface area (Å²) < 4.78 is 31.6. The van der Waals surface area contributed by atoms with Crippen LogP contribution in [0.15, 0.2) is 46.9 Å². The predicted octanol–water partition coefficient (Wildman–Crippen LogP) is 4.60. The van der Waals surface area contributed by atoms with Crippen LogP contribution >= 0.6 is 11.6 Å². The third-order valence-electron chi connectivity index (χ3n) is 2.84. The van der Waals surface area contributed by atoms with Gasteiger partial charge in [-0.2, -0.15) is 0 Å². The lowest BCUT2D eigenvalue weighted by Crippen LogP contribution is -2.01. The lowest BCUT2D eigenvalue weighted by atomic mass is 10.1. The molecular formula is C15H7ClF2O2. The van der Waals surface area contributed by atoms with E-state index in [1.165, 1.54) is 6.07 Å². The molecule has 5 heteroatoms. The Kier molecular flexibility index (Phi) is 3.03. The first-order valence-electron chi connectivity index (χ1n) is 5.73. The van der Waals surface area contributed by atoms with Crippen molar-refractivity contribution < 1.29 is 18.0 Å². The van der Waals surface area contributed by atoms with Crippen LogP contribution in [0.4, 0.5) is 8.78 Å². The molecule has 3 aromatic rings. The zero-order valence-electron chi connectivity index (χ0n) is 9.99. The van der Waals surface area contributed by atoms with E-state index in [1.54, 1.807) is 18.2 Å². The van der Waals surface area contributed by atoms with Crippen LogP contribution in [0, 0.1) is 11.6 Å². The fraction of sp³-hybridized carbons (Fsp3) is 0. The van der Waals surface area contributed by atoms with Crippen LogP contribution in [0.1, 0.15) is 16.1 Å². The van der Waals surface area contributed by atoms with Gasteiger partial charge < -0.3 is 4.42 Å². The van der Waals surface area contributed by atoms with Gasteiger partial charge in [0.25, 0.3) is 0 Å². The van der Waals surface area contributed by atoms with Crippen LogP contribution in [0.25, 0.3) is 11.0 Å². The molecule has 2 nitrogen and oxygen atoms in total. The average molecular weight is 293 g/mol. The van der Waals surface area contributed by atoms with Crippen molar-refractivity contribution in [2.75, 3.05) is 0 Å². The van der Waals surface area contributed by atoms with Crippen LogP contribution in [0.3, 0.4) is 0 Å². The summed E-state index contributed by atoms with van der Waals surface area (Å²) in [5.41, 5.74) is 0.257. The standard InChI is InChI=1S/C15H7ClF2O2/c16-12-3-1-2-8-6-13(20-15(8)12)14(19)9-4-10(17)7-11(18)5-9/h1-7H. The highest BCUT2D eigenvalue weighted by Crippen LogP contribution is 2.27. The molecule has 1 aromatic heterocycles. The van der Waals surface area contributed by atoms with Crippen LogP contribution < -0.4 is 0 Å². The van der Waals surface area contributed by atoms with E-state index in [0.717, 1.165) is 12.1 Å². The van der Waals surface area contributed by atoms with Gasteiger partial charge in [0, 0.05) is 17.0 Å². The number of ketones is 1. The van der Waals surface area contributed by atoms with Gasteiger partial charge in [0.2, 0.25) is 5.78 Å². The smallest absolute Gasteiger partial charge is 0.228 e. The summed E-state index contributed by atoms with van der Waals surface area (Å²) in [5.74, 6) is -2.25. The van der Waals surface area contributed by atoms with Crippen molar-refractivity contribution >= 4 is 28.4 Å². The van der Waals surface area contributed by atoms with Crippen molar-refractivity contribution in [3.63, 3.8) is 0 Å². The third-order valence-corrected chi connectivity index (χ3v) is 3.14. The molecule has 0 amide bonds. The van der Waals surface area contributed by atoms with Gasteiger partial charge >= 0.3 is 0 Å². The Labute approximate surface area is 117 Å². The van der Waals surface area contributed by atoms with Gasteiger partial charge in [0.1, 0.15) is 11.6 Å². The number of fused-ring (bicyclic) bond motifs is 1. The second-order valence-corrected chi connectivity index (χ2v) is 4.66. The van der Waals surface area contributed by atoms with Crippen molar-refractivity contribution in [1.82, 2.24) is 0 Å². The number of furan rings is 1. The molecular weight excluding hydrogens is 286 g/mol. The highest BCUT2D eigenvalue weighted by atomic mass is 35.5. The molecule has 0 aliphatic rings. The Balaban J connectivity index is 2.10. The lowest BCUT2D eigenvalue weighted by Gasteiger charge is -1.98. The predicted molar refractivity (Wildman–Crippen MR) is 71.0 cm³/mol. The Hall–Kier alpha value is -2.20. The van der Waals surface area contributed by atoms with Crippen LogP contribution in [-0.4, -0.2) is 5.78 Å². The summed E-state index contributed by atoms with van der Waals surface area (Å²) in [6, 6.07) is 9.19. The fourth-order valence-electron chi connectivity index (χ4n) is 1.97. The second kappa shape index (κ2) is 4.72. The largest absolute Gasteiger partial charge is 0.451 e. The van der Waals surface area contributed by atoms with Crippen molar-refractivity contribution in [3.8, 4) is 0 Å². The zero-order chi connectivity index (χ0) is 14.3. The molecule has 3 rings (SSSR count). The van der Waals surface area contributed by atoms with E-state index >= 15 is 0 Å². The molecule has 0 spiro atoms. The maximum absolute atomic E-state index is 13.1. The maximum Gasteiger partial charge on any atom is 0.228 e. The number of halogens is 3. The topological polar surface area (TPSA) is 30.2 Å². The van der Waals surface area contributed by atoms with Gasteiger partial charge in [-0.05, 0) is 24.3 Å². The SMILES string of the molecule is O=C(c1cc(F)cc(F)c1)c1cc2cccc(Cl)c2o1. The number of hydrogen-bond donors (Lipinski definition) is 0. The molecule has 1 heterocycles. The number of benzene rings is 2. The van der Waals surface area contributed by atoms with Gasteiger partial charge in [-0.15, -0.1) is 0 Å². The summed E-state index contributed by atoms with van der Waals surface area (Å²) >= 11 is 5.95. The number of carbonyl (C=O) groups excluding carboxylic acids is 1. The Morgan fingerprint density at radius 2 is 1.75 bits per heavy atom. The first kappa shape index (κ1) is 12.8. The van der Waals surface area contributed by atoms with Crippen molar-refractivity contribution in [1.29, 1.82) is 0 Å². The molecule has 0 saturated heterocycles. The van der Waals surface area contributed by atoms with E-state index in [-0.39, 0.29) is 11.3 Å². The summed E-state index contributed by atoms with van der Waals surface area (Å²) in [6.07, 6.45) is 0. The van der Waals surface area contributed by atoms with Gasteiger partial charge in [-0.1, -0.05) is 23.7 Å². The molecule has 100 valence electrons. The molecule has 0 radical (unpaired) electrons. The Morgan fingerprint density at radius 3 is 2.40 bits per heavy atom. The van der Waals surface area contributed by atoms with Crippen molar-refractivity contribution in [2.45, 2.75) is 0 Å². The van der Waals surface area contributed by atoms with Gasteiger partial charge in [0.05, 0.1) is 5.02 Å².